The van der Waals surface area contributed by atoms with Crippen molar-refractivity contribution in [3.8, 4) is 0 Å². The number of carbonyl (C=O) groups excluding carboxylic acids is 1. The molecular formula is C15H12Br2ClNOS. The van der Waals surface area contributed by atoms with Crippen molar-refractivity contribution in [1.29, 1.82) is 0 Å². The minimum absolute atomic E-state index is 0.0749. The fourth-order valence-electron chi connectivity index (χ4n) is 2.67. The smallest absolute Gasteiger partial charge is 0.264 e. The summed E-state index contributed by atoms with van der Waals surface area (Å²) < 4.78 is 1.86. The van der Waals surface area contributed by atoms with Crippen molar-refractivity contribution in [3.05, 3.63) is 54.1 Å². The SMILES string of the molecule is O=C(c1cc(Br)c(Br)s1)N1CCCC1c1ccccc1Cl. The summed E-state index contributed by atoms with van der Waals surface area (Å²) in [6, 6.07) is 9.74. The van der Waals surface area contributed by atoms with Crippen molar-refractivity contribution in [1.82, 2.24) is 4.90 Å². The Hall–Kier alpha value is -0.360. The Balaban J connectivity index is 1.90. The first-order chi connectivity index (χ1) is 10.1. The van der Waals surface area contributed by atoms with E-state index < -0.39 is 0 Å². The first-order valence-corrected chi connectivity index (χ1v) is 9.36. The van der Waals surface area contributed by atoms with Crippen LogP contribution in [0.15, 0.2) is 38.6 Å². The van der Waals surface area contributed by atoms with Crippen molar-refractivity contribution in [2.45, 2.75) is 18.9 Å². The van der Waals surface area contributed by atoms with Gasteiger partial charge in [0.25, 0.3) is 5.91 Å². The molecule has 1 aliphatic rings. The van der Waals surface area contributed by atoms with E-state index in [1.165, 1.54) is 11.3 Å². The predicted octanol–water partition coefficient (Wildman–Crippen LogP) is 5.90. The van der Waals surface area contributed by atoms with Crippen molar-refractivity contribution in [2.24, 2.45) is 0 Å². The lowest BCUT2D eigenvalue weighted by Crippen LogP contribution is -2.30. The van der Waals surface area contributed by atoms with E-state index in [4.69, 9.17) is 11.6 Å². The first-order valence-electron chi connectivity index (χ1n) is 6.58. The summed E-state index contributed by atoms with van der Waals surface area (Å²) in [7, 11) is 0. The Morgan fingerprint density at radius 2 is 2.10 bits per heavy atom. The zero-order valence-electron chi connectivity index (χ0n) is 11.0. The fourth-order valence-corrected chi connectivity index (χ4v) is 4.93. The quantitative estimate of drug-likeness (QED) is 0.559. The van der Waals surface area contributed by atoms with Gasteiger partial charge in [-0.2, -0.15) is 0 Å². The Bertz CT molecular complexity index is 669. The number of likely N-dealkylation sites (tertiary alicyclic amines) is 1. The molecule has 1 aromatic carbocycles. The second-order valence-electron chi connectivity index (χ2n) is 4.91. The Kier molecular flexibility index (Phi) is 4.74. The Morgan fingerprint density at radius 1 is 1.33 bits per heavy atom. The molecule has 6 heteroatoms. The predicted molar refractivity (Wildman–Crippen MR) is 94.2 cm³/mol. The number of hydrogen-bond acceptors (Lipinski definition) is 2. The van der Waals surface area contributed by atoms with Gasteiger partial charge in [-0.15, -0.1) is 11.3 Å². The lowest BCUT2D eigenvalue weighted by Gasteiger charge is -2.25. The molecule has 1 saturated heterocycles. The van der Waals surface area contributed by atoms with Crippen molar-refractivity contribution < 1.29 is 4.79 Å². The number of thiophene rings is 1. The summed E-state index contributed by atoms with van der Waals surface area (Å²) in [5.41, 5.74) is 1.04. The zero-order chi connectivity index (χ0) is 15.0. The topological polar surface area (TPSA) is 20.3 Å². The molecule has 2 heterocycles. The van der Waals surface area contributed by atoms with Crippen LogP contribution in [-0.2, 0) is 0 Å². The molecular weight excluding hydrogens is 437 g/mol. The van der Waals surface area contributed by atoms with Crippen LogP contribution in [0.25, 0.3) is 0 Å². The van der Waals surface area contributed by atoms with E-state index in [1.54, 1.807) is 0 Å². The summed E-state index contributed by atoms with van der Waals surface area (Å²) >= 11 is 14.6. The lowest BCUT2D eigenvalue weighted by molar-refractivity contribution is 0.0740. The molecule has 21 heavy (non-hydrogen) atoms. The third-order valence-electron chi connectivity index (χ3n) is 3.63. The normalized spacial score (nSPS) is 18.2. The molecule has 1 atom stereocenters. The van der Waals surface area contributed by atoms with E-state index in [1.807, 2.05) is 35.2 Å². The minimum Gasteiger partial charge on any atom is -0.331 e. The van der Waals surface area contributed by atoms with Gasteiger partial charge in [0.2, 0.25) is 0 Å². The number of halogens is 3. The van der Waals surface area contributed by atoms with Gasteiger partial charge in [0, 0.05) is 16.0 Å². The first kappa shape index (κ1) is 15.5. The minimum atomic E-state index is 0.0749. The molecule has 1 unspecified atom stereocenters. The number of amides is 1. The second-order valence-corrected chi connectivity index (χ2v) is 8.54. The number of nitrogens with zero attached hydrogens (tertiary/aromatic N) is 1. The summed E-state index contributed by atoms with van der Waals surface area (Å²) in [6.07, 6.45) is 1.97. The van der Waals surface area contributed by atoms with Gasteiger partial charge in [-0.3, -0.25) is 4.79 Å². The highest BCUT2D eigenvalue weighted by atomic mass is 79.9. The van der Waals surface area contributed by atoms with E-state index in [-0.39, 0.29) is 11.9 Å². The van der Waals surface area contributed by atoms with Gasteiger partial charge >= 0.3 is 0 Å². The van der Waals surface area contributed by atoms with Crippen molar-refractivity contribution in [2.75, 3.05) is 6.54 Å². The van der Waals surface area contributed by atoms with E-state index in [0.29, 0.717) is 0 Å². The van der Waals surface area contributed by atoms with Crippen molar-refractivity contribution >= 4 is 60.7 Å². The monoisotopic (exact) mass is 447 g/mol. The van der Waals surface area contributed by atoms with Gasteiger partial charge < -0.3 is 4.90 Å². The van der Waals surface area contributed by atoms with Gasteiger partial charge in [-0.05, 0) is 62.4 Å². The summed E-state index contributed by atoms with van der Waals surface area (Å²) in [5.74, 6) is 0.0776. The van der Waals surface area contributed by atoms with Gasteiger partial charge in [0.1, 0.15) is 0 Å². The molecule has 0 spiro atoms. The van der Waals surface area contributed by atoms with E-state index in [0.717, 1.165) is 43.1 Å². The standard InChI is InChI=1S/C15H12Br2ClNOS/c16-10-8-13(21-14(10)17)15(20)19-7-3-6-12(19)9-4-1-2-5-11(9)18/h1-2,4-5,8,12H,3,6-7H2. The van der Waals surface area contributed by atoms with Crippen LogP contribution in [0.5, 0.6) is 0 Å². The number of benzene rings is 1. The molecule has 2 aromatic rings. The maximum absolute atomic E-state index is 12.8. The van der Waals surface area contributed by atoms with Crippen LogP contribution in [0.2, 0.25) is 5.02 Å². The average Bonchev–Trinajstić information content (AvgIpc) is 3.06. The molecule has 0 aliphatic carbocycles. The van der Waals surface area contributed by atoms with Gasteiger partial charge in [-0.25, -0.2) is 0 Å². The lowest BCUT2D eigenvalue weighted by atomic mass is 10.0. The van der Waals surface area contributed by atoms with Crippen LogP contribution in [0.4, 0.5) is 0 Å². The molecule has 2 nitrogen and oxygen atoms in total. The summed E-state index contributed by atoms with van der Waals surface area (Å²) in [6.45, 7) is 0.780. The fraction of sp³-hybridized carbons (Fsp3) is 0.267. The third kappa shape index (κ3) is 3.07. The maximum atomic E-state index is 12.8. The molecule has 1 aliphatic heterocycles. The molecule has 110 valence electrons. The van der Waals surface area contributed by atoms with Gasteiger partial charge in [0.15, 0.2) is 0 Å². The third-order valence-corrected chi connectivity index (χ3v) is 7.22. The highest BCUT2D eigenvalue weighted by molar-refractivity contribution is 9.13. The van der Waals surface area contributed by atoms with Gasteiger partial charge in [-0.1, -0.05) is 29.8 Å². The van der Waals surface area contributed by atoms with Crippen LogP contribution in [0.1, 0.15) is 34.1 Å². The number of hydrogen-bond donors (Lipinski definition) is 0. The van der Waals surface area contributed by atoms with Crippen LogP contribution in [-0.4, -0.2) is 17.4 Å². The zero-order valence-corrected chi connectivity index (χ0v) is 15.7. The van der Waals surface area contributed by atoms with Crippen LogP contribution in [0.3, 0.4) is 0 Å². The molecule has 1 fully saturated rings. The number of carbonyl (C=O) groups is 1. The molecule has 0 N–H and O–H groups in total. The molecule has 0 radical (unpaired) electrons. The molecule has 3 rings (SSSR count). The molecule has 0 bridgehead atoms. The largest absolute Gasteiger partial charge is 0.331 e. The highest BCUT2D eigenvalue weighted by Gasteiger charge is 2.32. The molecule has 1 aromatic heterocycles. The molecule has 1 amide bonds. The van der Waals surface area contributed by atoms with Crippen LogP contribution >= 0.6 is 54.8 Å². The van der Waals surface area contributed by atoms with Crippen LogP contribution in [0, 0.1) is 0 Å². The number of rotatable bonds is 2. The Morgan fingerprint density at radius 3 is 2.76 bits per heavy atom. The molecule has 0 saturated carbocycles. The van der Waals surface area contributed by atoms with E-state index in [2.05, 4.69) is 31.9 Å². The van der Waals surface area contributed by atoms with Crippen molar-refractivity contribution in [3.63, 3.8) is 0 Å². The summed E-state index contributed by atoms with van der Waals surface area (Å²) in [4.78, 5) is 15.4. The van der Waals surface area contributed by atoms with E-state index >= 15 is 0 Å². The van der Waals surface area contributed by atoms with Crippen LogP contribution < -0.4 is 0 Å². The second kappa shape index (κ2) is 6.41. The Labute approximate surface area is 149 Å². The van der Waals surface area contributed by atoms with Gasteiger partial charge in [0.05, 0.1) is 14.7 Å². The summed E-state index contributed by atoms with van der Waals surface area (Å²) in [5, 5.41) is 0.732. The maximum Gasteiger partial charge on any atom is 0.264 e. The van der Waals surface area contributed by atoms with E-state index in [9.17, 15) is 4.79 Å². The highest BCUT2D eigenvalue weighted by Crippen LogP contribution is 2.39. The average molecular weight is 450 g/mol.